The molecule has 1 heteroatoms. The third kappa shape index (κ3) is 0.834. The summed E-state index contributed by atoms with van der Waals surface area (Å²) >= 11 is 0. The van der Waals surface area contributed by atoms with Gasteiger partial charge in [0.2, 0.25) is 0 Å². The van der Waals surface area contributed by atoms with Gasteiger partial charge in [0.15, 0.2) is 0 Å². The fraction of sp³-hybridized carbons (Fsp3) is 1.00. The Labute approximate surface area is 75.9 Å². The molecule has 0 aromatic rings. The molecular formula is C11H21N. The van der Waals surface area contributed by atoms with Crippen molar-refractivity contribution in [2.45, 2.75) is 46.1 Å². The van der Waals surface area contributed by atoms with Crippen LogP contribution in [-0.2, 0) is 0 Å². The van der Waals surface area contributed by atoms with E-state index in [0.29, 0.717) is 10.8 Å². The van der Waals surface area contributed by atoms with E-state index in [4.69, 9.17) is 0 Å². The van der Waals surface area contributed by atoms with Gasteiger partial charge in [-0.3, -0.25) is 0 Å². The zero-order valence-electron chi connectivity index (χ0n) is 8.78. The summed E-state index contributed by atoms with van der Waals surface area (Å²) in [6.45, 7) is 7.33. The van der Waals surface area contributed by atoms with Crippen LogP contribution in [0.15, 0.2) is 0 Å². The first-order valence-electron chi connectivity index (χ1n) is 5.18. The van der Waals surface area contributed by atoms with Gasteiger partial charge in [-0.05, 0) is 43.1 Å². The minimum Gasteiger partial charge on any atom is -0.316 e. The Morgan fingerprint density at radius 1 is 1.25 bits per heavy atom. The van der Waals surface area contributed by atoms with E-state index in [-0.39, 0.29) is 0 Å². The minimum atomic E-state index is 0.530. The third-order valence-electron chi connectivity index (χ3n) is 4.56. The molecule has 2 fully saturated rings. The first kappa shape index (κ1) is 8.55. The molecule has 0 aromatic carbocycles. The quantitative estimate of drug-likeness (QED) is 0.632. The molecular weight excluding hydrogens is 146 g/mol. The predicted molar refractivity (Wildman–Crippen MR) is 52.1 cm³/mol. The lowest BCUT2D eigenvalue weighted by molar-refractivity contribution is 0.116. The summed E-state index contributed by atoms with van der Waals surface area (Å²) in [5.41, 5.74) is 1.13. The lowest BCUT2D eigenvalue weighted by Gasteiger charge is -2.42. The average molecular weight is 167 g/mol. The average Bonchev–Trinajstić information content (AvgIpc) is 2.39. The van der Waals surface area contributed by atoms with E-state index in [2.05, 4.69) is 33.1 Å². The van der Waals surface area contributed by atoms with E-state index >= 15 is 0 Å². The molecule has 2 aliphatic carbocycles. The maximum absolute atomic E-state index is 3.53. The summed E-state index contributed by atoms with van der Waals surface area (Å²) in [5.74, 6) is 0.972. The Bertz CT molecular complexity index is 192. The fourth-order valence-electron chi connectivity index (χ4n) is 4.02. The Hall–Kier alpha value is -0.0400. The van der Waals surface area contributed by atoms with Crippen molar-refractivity contribution in [2.24, 2.45) is 16.7 Å². The second kappa shape index (κ2) is 2.25. The van der Waals surface area contributed by atoms with Gasteiger partial charge in [0.1, 0.15) is 0 Å². The van der Waals surface area contributed by atoms with Crippen LogP contribution >= 0.6 is 0 Å². The van der Waals surface area contributed by atoms with E-state index < -0.39 is 0 Å². The predicted octanol–water partition coefficient (Wildman–Crippen LogP) is 2.42. The maximum Gasteiger partial charge on any atom is 0.0172 e. The fourth-order valence-corrected chi connectivity index (χ4v) is 4.02. The van der Waals surface area contributed by atoms with Crippen molar-refractivity contribution in [3.63, 3.8) is 0 Å². The van der Waals surface area contributed by atoms with Crippen LogP contribution in [0.4, 0.5) is 0 Å². The first-order chi connectivity index (χ1) is 5.50. The molecule has 0 saturated heterocycles. The van der Waals surface area contributed by atoms with E-state index in [1.165, 1.54) is 19.3 Å². The number of rotatable bonds is 1. The topological polar surface area (TPSA) is 12.0 Å². The van der Waals surface area contributed by atoms with Gasteiger partial charge in [-0.25, -0.2) is 0 Å². The summed E-state index contributed by atoms with van der Waals surface area (Å²) in [4.78, 5) is 0. The van der Waals surface area contributed by atoms with Crippen molar-refractivity contribution < 1.29 is 0 Å². The van der Waals surface area contributed by atoms with Crippen molar-refractivity contribution in [3.8, 4) is 0 Å². The van der Waals surface area contributed by atoms with Gasteiger partial charge in [-0.1, -0.05) is 20.8 Å². The summed E-state index contributed by atoms with van der Waals surface area (Å²) in [5, 5.41) is 3.53. The van der Waals surface area contributed by atoms with E-state index in [0.717, 1.165) is 12.0 Å². The molecule has 0 heterocycles. The van der Waals surface area contributed by atoms with Crippen molar-refractivity contribution >= 4 is 0 Å². The van der Waals surface area contributed by atoms with Gasteiger partial charge in [-0.15, -0.1) is 0 Å². The van der Waals surface area contributed by atoms with Gasteiger partial charge < -0.3 is 5.32 Å². The van der Waals surface area contributed by atoms with Crippen molar-refractivity contribution in [1.82, 2.24) is 5.32 Å². The highest BCUT2D eigenvalue weighted by molar-refractivity contribution is 5.11. The van der Waals surface area contributed by atoms with Crippen LogP contribution in [0.25, 0.3) is 0 Å². The first-order valence-corrected chi connectivity index (χ1v) is 5.18. The number of nitrogens with one attached hydrogen (secondary N) is 1. The van der Waals surface area contributed by atoms with Crippen molar-refractivity contribution in [3.05, 3.63) is 0 Å². The second-order valence-electron chi connectivity index (χ2n) is 5.64. The largest absolute Gasteiger partial charge is 0.316 e. The zero-order chi connectivity index (χ0) is 8.98. The molecule has 0 aliphatic heterocycles. The summed E-state index contributed by atoms with van der Waals surface area (Å²) in [6.07, 6.45) is 4.35. The summed E-state index contributed by atoms with van der Waals surface area (Å²) in [6, 6.07) is 0.740. The standard InChI is InChI=1S/C11H21N/c1-10(2)8-5-6-11(3,7-8)9(10)12-4/h8-9,12H,5-7H2,1-4H3/t8-,9+,11-/m0/s1. The molecule has 2 rings (SSSR count). The van der Waals surface area contributed by atoms with E-state index in [1.807, 2.05) is 0 Å². The van der Waals surface area contributed by atoms with Crippen LogP contribution in [0, 0.1) is 16.7 Å². The Balaban J connectivity index is 2.31. The minimum absolute atomic E-state index is 0.530. The van der Waals surface area contributed by atoms with E-state index in [1.54, 1.807) is 0 Å². The Morgan fingerprint density at radius 2 is 1.92 bits per heavy atom. The second-order valence-corrected chi connectivity index (χ2v) is 5.64. The Morgan fingerprint density at radius 3 is 2.25 bits per heavy atom. The van der Waals surface area contributed by atoms with Crippen molar-refractivity contribution in [1.29, 1.82) is 0 Å². The molecule has 0 unspecified atom stereocenters. The number of fused-ring (bicyclic) bond motifs is 2. The molecule has 70 valence electrons. The molecule has 2 bridgehead atoms. The SMILES string of the molecule is CN[C@@H]1C(C)(C)[C@H]2CC[C@@]1(C)C2. The Kier molecular flexibility index (Phi) is 1.61. The van der Waals surface area contributed by atoms with Gasteiger partial charge in [0.05, 0.1) is 0 Å². The molecule has 2 aliphatic rings. The lowest BCUT2D eigenvalue weighted by atomic mass is 9.68. The maximum atomic E-state index is 3.53. The van der Waals surface area contributed by atoms with E-state index in [9.17, 15) is 0 Å². The molecule has 1 N–H and O–H groups in total. The molecule has 2 saturated carbocycles. The van der Waals surface area contributed by atoms with Gasteiger partial charge in [0, 0.05) is 6.04 Å². The van der Waals surface area contributed by atoms with Crippen LogP contribution < -0.4 is 5.32 Å². The molecule has 0 radical (unpaired) electrons. The molecule has 0 aromatic heterocycles. The monoisotopic (exact) mass is 167 g/mol. The molecule has 0 spiro atoms. The van der Waals surface area contributed by atoms with Crippen LogP contribution in [-0.4, -0.2) is 13.1 Å². The normalized spacial score (nSPS) is 50.0. The van der Waals surface area contributed by atoms with Gasteiger partial charge in [0.25, 0.3) is 0 Å². The van der Waals surface area contributed by atoms with Gasteiger partial charge >= 0.3 is 0 Å². The van der Waals surface area contributed by atoms with Crippen LogP contribution in [0.1, 0.15) is 40.0 Å². The van der Waals surface area contributed by atoms with Crippen LogP contribution in [0.2, 0.25) is 0 Å². The lowest BCUT2D eigenvalue weighted by Crippen LogP contribution is -2.48. The zero-order valence-corrected chi connectivity index (χ0v) is 8.78. The number of hydrogen-bond donors (Lipinski definition) is 1. The van der Waals surface area contributed by atoms with Gasteiger partial charge in [-0.2, -0.15) is 0 Å². The molecule has 1 nitrogen and oxygen atoms in total. The third-order valence-corrected chi connectivity index (χ3v) is 4.56. The highest BCUT2D eigenvalue weighted by Crippen LogP contribution is 2.62. The molecule has 12 heavy (non-hydrogen) atoms. The van der Waals surface area contributed by atoms with Crippen molar-refractivity contribution in [2.75, 3.05) is 7.05 Å². The number of hydrogen-bond acceptors (Lipinski definition) is 1. The smallest absolute Gasteiger partial charge is 0.0172 e. The summed E-state index contributed by atoms with van der Waals surface area (Å²) in [7, 11) is 2.12. The highest BCUT2D eigenvalue weighted by Gasteiger charge is 2.58. The molecule has 0 amide bonds. The highest BCUT2D eigenvalue weighted by atomic mass is 15.0. The van der Waals surface area contributed by atoms with Crippen LogP contribution in [0.5, 0.6) is 0 Å². The van der Waals surface area contributed by atoms with Crippen LogP contribution in [0.3, 0.4) is 0 Å². The molecule has 3 atom stereocenters. The summed E-state index contributed by atoms with van der Waals surface area (Å²) < 4.78 is 0.